The Hall–Kier alpha value is -0.880. The van der Waals surface area contributed by atoms with Gasteiger partial charge in [-0.2, -0.15) is 8.42 Å². The van der Waals surface area contributed by atoms with E-state index < -0.39 is 10.1 Å². The Labute approximate surface area is 78.5 Å². The molecule has 0 aromatic carbocycles. The van der Waals surface area contributed by atoms with Crippen molar-refractivity contribution in [1.82, 2.24) is 4.90 Å². The third-order valence-electron chi connectivity index (χ3n) is 1.32. The van der Waals surface area contributed by atoms with Crippen molar-refractivity contribution in [2.75, 3.05) is 18.8 Å². The molecule has 6 heteroatoms. The predicted octanol–water partition coefficient (Wildman–Crippen LogP) is 0.368. The fourth-order valence-electron chi connectivity index (χ4n) is 0.532. The smallest absolute Gasteiger partial charge is 0.264 e. The van der Waals surface area contributed by atoms with Crippen molar-refractivity contribution >= 4 is 16.5 Å². The first kappa shape index (κ1) is 12.1. The zero-order chi connectivity index (χ0) is 10.3. The molecule has 0 aliphatic carbocycles. The van der Waals surface area contributed by atoms with Crippen molar-refractivity contribution in [2.45, 2.75) is 6.92 Å². The average Bonchev–Trinajstić information content (AvgIpc) is 2.56. The molecule has 13 heavy (non-hydrogen) atoms. The van der Waals surface area contributed by atoms with Gasteiger partial charge in [0, 0.05) is 6.54 Å². The molecule has 0 atom stereocenters. The SMILES string of the molecule is C=CN1C=NCC1.CCS(=O)(=O)O. The normalized spacial score (nSPS) is 15.1. The number of hydrogen-bond donors (Lipinski definition) is 1. The maximum absolute atomic E-state index is 9.56. The lowest BCUT2D eigenvalue weighted by molar-refractivity contribution is 0.484. The van der Waals surface area contributed by atoms with Gasteiger partial charge >= 0.3 is 0 Å². The summed E-state index contributed by atoms with van der Waals surface area (Å²) in [6, 6.07) is 0. The van der Waals surface area contributed by atoms with E-state index in [9.17, 15) is 8.42 Å². The molecule has 0 unspecified atom stereocenters. The van der Waals surface area contributed by atoms with E-state index in [2.05, 4.69) is 11.6 Å². The molecule has 0 fully saturated rings. The standard InChI is InChI=1S/C5H8N2.C2H6O3S/c1-2-7-4-3-6-5-7;1-2-6(3,4)5/h2,5H,1,3-4H2;2H2,1H3,(H,3,4,5). The van der Waals surface area contributed by atoms with E-state index in [1.165, 1.54) is 6.92 Å². The molecular weight excluding hydrogens is 192 g/mol. The Morgan fingerprint density at radius 3 is 2.46 bits per heavy atom. The van der Waals surface area contributed by atoms with E-state index in [0.717, 1.165) is 13.1 Å². The van der Waals surface area contributed by atoms with Crippen LogP contribution in [0.1, 0.15) is 6.92 Å². The minimum Gasteiger partial charge on any atom is -0.338 e. The molecule has 1 rings (SSSR count). The highest BCUT2D eigenvalue weighted by molar-refractivity contribution is 7.85. The molecule has 0 saturated heterocycles. The minimum absolute atomic E-state index is 0.201. The zero-order valence-electron chi connectivity index (χ0n) is 7.55. The van der Waals surface area contributed by atoms with Gasteiger partial charge in [-0.05, 0) is 13.1 Å². The van der Waals surface area contributed by atoms with Crippen molar-refractivity contribution in [1.29, 1.82) is 0 Å². The first-order chi connectivity index (χ1) is 5.99. The van der Waals surface area contributed by atoms with Gasteiger partial charge in [0.05, 0.1) is 18.6 Å². The van der Waals surface area contributed by atoms with Gasteiger partial charge in [0.25, 0.3) is 10.1 Å². The van der Waals surface area contributed by atoms with Gasteiger partial charge in [-0.25, -0.2) is 0 Å². The van der Waals surface area contributed by atoms with E-state index >= 15 is 0 Å². The molecule has 1 aliphatic rings. The molecule has 1 heterocycles. The lowest BCUT2D eigenvalue weighted by atomic mass is 10.6. The molecule has 0 bridgehead atoms. The molecule has 0 amide bonds. The highest BCUT2D eigenvalue weighted by Gasteiger charge is 1.96. The van der Waals surface area contributed by atoms with E-state index in [-0.39, 0.29) is 5.75 Å². The third-order valence-corrected chi connectivity index (χ3v) is 2.05. The summed E-state index contributed by atoms with van der Waals surface area (Å²) in [4.78, 5) is 5.92. The van der Waals surface area contributed by atoms with Crippen molar-refractivity contribution in [2.24, 2.45) is 4.99 Å². The Bertz CT molecular complexity index is 271. The average molecular weight is 206 g/mol. The van der Waals surface area contributed by atoms with E-state index in [0.29, 0.717) is 0 Å². The summed E-state index contributed by atoms with van der Waals surface area (Å²) in [5.41, 5.74) is 0. The second kappa shape index (κ2) is 5.71. The van der Waals surface area contributed by atoms with Crippen molar-refractivity contribution in [3.8, 4) is 0 Å². The van der Waals surface area contributed by atoms with Crippen LogP contribution in [-0.2, 0) is 10.1 Å². The van der Waals surface area contributed by atoms with Crippen LogP contribution in [0.2, 0.25) is 0 Å². The first-order valence-electron chi connectivity index (χ1n) is 3.83. The van der Waals surface area contributed by atoms with E-state index in [1.54, 1.807) is 12.5 Å². The Balaban J connectivity index is 0.000000226. The molecule has 76 valence electrons. The van der Waals surface area contributed by atoms with Crippen LogP contribution in [0, 0.1) is 0 Å². The van der Waals surface area contributed by atoms with Crippen LogP contribution in [0.5, 0.6) is 0 Å². The van der Waals surface area contributed by atoms with Crippen LogP contribution < -0.4 is 0 Å². The molecule has 0 aromatic rings. The highest BCUT2D eigenvalue weighted by Crippen LogP contribution is 1.90. The molecule has 0 radical (unpaired) electrons. The lowest BCUT2D eigenvalue weighted by Gasteiger charge is -2.02. The number of aliphatic imine (C=N–C) groups is 1. The lowest BCUT2D eigenvalue weighted by Crippen LogP contribution is -2.09. The van der Waals surface area contributed by atoms with Gasteiger partial charge < -0.3 is 4.90 Å². The summed E-state index contributed by atoms with van der Waals surface area (Å²) in [6.45, 7) is 6.87. The summed E-state index contributed by atoms with van der Waals surface area (Å²) < 4.78 is 26.9. The monoisotopic (exact) mass is 206 g/mol. The third kappa shape index (κ3) is 7.48. The molecule has 0 saturated carbocycles. The Morgan fingerprint density at radius 2 is 2.31 bits per heavy atom. The van der Waals surface area contributed by atoms with Gasteiger partial charge in [-0.1, -0.05) is 6.58 Å². The van der Waals surface area contributed by atoms with Gasteiger partial charge in [0.2, 0.25) is 0 Å². The fourth-order valence-corrected chi connectivity index (χ4v) is 0.532. The van der Waals surface area contributed by atoms with Crippen LogP contribution in [0.25, 0.3) is 0 Å². The molecular formula is C7H14N2O3S. The first-order valence-corrected chi connectivity index (χ1v) is 5.44. The fraction of sp³-hybridized carbons (Fsp3) is 0.571. The van der Waals surface area contributed by atoms with Gasteiger partial charge in [-0.3, -0.25) is 9.55 Å². The second-order valence-electron chi connectivity index (χ2n) is 2.31. The number of rotatable bonds is 2. The van der Waals surface area contributed by atoms with Crippen LogP contribution in [0.3, 0.4) is 0 Å². The summed E-state index contributed by atoms with van der Waals surface area (Å²) in [5, 5.41) is 0. The number of hydrogen-bond acceptors (Lipinski definition) is 4. The maximum Gasteiger partial charge on any atom is 0.264 e. The van der Waals surface area contributed by atoms with Crippen molar-refractivity contribution in [3.05, 3.63) is 12.8 Å². The Kier molecular flexibility index (Phi) is 5.33. The summed E-state index contributed by atoms with van der Waals surface area (Å²) in [7, 11) is -3.66. The van der Waals surface area contributed by atoms with E-state index in [4.69, 9.17) is 4.55 Å². The van der Waals surface area contributed by atoms with Gasteiger partial charge in [-0.15, -0.1) is 0 Å². The molecule has 0 spiro atoms. The molecule has 1 N–H and O–H groups in total. The molecule has 0 aromatic heterocycles. The Morgan fingerprint density at radius 1 is 1.77 bits per heavy atom. The molecule has 1 aliphatic heterocycles. The van der Waals surface area contributed by atoms with Crippen LogP contribution in [0.15, 0.2) is 17.8 Å². The second-order valence-corrected chi connectivity index (χ2v) is 4.05. The van der Waals surface area contributed by atoms with Crippen molar-refractivity contribution in [3.63, 3.8) is 0 Å². The van der Waals surface area contributed by atoms with E-state index in [1.807, 2.05) is 4.90 Å². The quantitative estimate of drug-likeness (QED) is 0.663. The van der Waals surface area contributed by atoms with Gasteiger partial charge in [0.1, 0.15) is 0 Å². The van der Waals surface area contributed by atoms with Gasteiger partial charge in [0.15, 0.2) is 0 Å². The summed E-state index contributed by atoms with van der Waals surface area (Å²) in [5.74, 6) is -0.201. The highest BCUT2D eigenvalue weighted by atomic mass is 32.2. The van der Waals surface area contributed by atoms with Crippen LogP contribution in [-0.4, -0.2) is 43.1 Å². The predicted molar refractivity (Wildman–Crippen MR) is 52.4 cm³/mol. The largest absolute Gasteiger partial charge is 0.338 e. The van der Waals surface area contributed by atoms with Crippen LogP contribution >= 0.6 is 0 Å². The molecule has 5 nitrogen and oxygen atoms in total. The minimum atomic E-state index is -3.66. The topological polar surface area (TPSA) is 70.0 Å². The summed E-state index contributed by atoms with van der Waals surface area (Å²) >= 11 is 0. The van der Waals surface area contributed by atoms with Crippen LogP contribution in [0.4, 0.5) is 0 Å². The number of nitrogens with zero attached hydrogens (tertiary/aromatic N) is 2. The summed E-state index contributed by atoms with van der Waals surface area (Å²) in [6.07, 6.45) is 3.57. The maximum atomic E-state index is 9.56. The van der Waals surface area contributed by atoms with Crippen molar-refractivity contribution < 1.29 is 13.0 Å². The zero-order valence-corrected chi connectivity index (χ0v) is 8.37.